The molecule has 1 fully saturated rings. The molecule has 4 nitrogen and oxygen atoms in total. The highest BCUT2D eigenvalue weighted by Crippen LogP contribution is 2.17. The van der Waals surface area contributed by atoms with Crippen molar-refractivity contribution in [3.63, 3.8) is 0 Å². The van der Waals surface area contributed by atoms with E-state index < -0.39 is 6.04 Å². The van der Waals surface area contributed by atoms with Crippen LogP contribution in [0.5, 0.6) is 0 Å². The van der Waals surface area contributed by atoms with Crippen LogP contribution in [0.15, 0.2) is 30.3 Å². The highest BCUT2D eigenvalue weighted by molar-refractivity contribution is 5.81. The van der Waals surface area contributed by atoms with Crippen molar-refractivity contribution in [3.05, 3.63) is 35.9 Å². The second-order valence-corrected chi connectivity index (χ2v) is 5.77. The van der Waals surface area contributed by atoms with Crippen molar-refractivity contribution in [1.29, 1.82) is 0 Å². The number of likely N-dealkylation sites (N-methyl/N-ethyl adjacent to an activating group) is 1. The number of carbonyl (C=O) groups is 1. The minimum atomic E-state index is -0.395. The summed E-state index contributed by atoms with van der Waals surface area (Å²) in [5.74, 6) is 0.0720. The fourth-order valence-electron chi connectivity index (χ4n) is 2.80. The first kappa shape index (κ1) is 15.0. The van der Waals surface area contributed by atoms with Gasteiger partial charge in [-0.15, -0.1) is 0 Å². The number of hydrogen-bond donors (Lipinski definition) is 1. The Labute approximate surface area is 121 Å². The summed E-state index contributed by atoms with van der Waals surface area (Å²) in [5.41, 5.74) is 7.02. The third-order valence-corrected chi connectivity index (χ3v) is 4.00. The highest BCUT2D eigenvalue weighted by atomic mass is 16.2. The van der Waals surface area contributed by atoms with Crippen LogP contribution < -0.4 is 5.73 Å². The SMILES string of the molecule is C[C@H](N)C(=O)N1CCCC(N(C)Cc2ccccc2)C1. The maximum absolute atomic E-state index is 12.0. The molecule has 2 rings (SSSR count). The minimum absolute atomic E-state index is 0.0720. The van der Waals surface area contributed by atoms with Gasteiger partial charge in [-0.1, -0.05) is 30.3 Å². The Morgan fingerprint density at radius 2 is 2.15 bits per heavy atom. The summed E-state index contributed by atoms with van der Waals surface area (Å²) in [6.07, 6.45) is 2.20. The van der Waals surface area contributed by atoms with Crippen molar-refractivity contribution in [1.82, 2.24) is 9.80 Å². The lowest BCUT2D eigenvalue weighted by molar-refractivity contribution is -0.134. The maximum atomic E-state index is 12.0. The van der Waals surface area contributed by atoms with Gasteiger partial charge in [-0.25, -0.2) is 0 Å². The number of piperidine rings is 1. The molecule has 1 aromatic carbocycles. The first-order valence-electron chi connectivity index (χ1n) is 7.36. The third kappa shape index (κ3) is 3.81. The van der Waals surface area contributed by atoms with E-state index in [0.29, 0.717) is 6.04 Å². The van der Waals surface area contributed by atoms with Gasteiger partial charge in [-0.3, -0.25) is 9.69 Å². The van der Waals surface area contributed by atoms with E-state index in [1.54, 1.807) is 6.92 Å². The maximum Gasteiger partial charge on any atom is 0.239 e. The van der Waals surface area contributed by atoms with E-state index in [-0.39, 0.29) is 5.91 Å². The van der Waals surface area contributed by atoms with Crippen molar-refractivity contribution in [2.45, 2.75) is 38.4 Å². The molecule has 4 heteroatoms. The van der Waals surface area contributed by atoms with Crippen molar-refractivity contribution < 1.29 is 4.79 Å². The Balaban J connectivity index is 1.93. The van der Waals surface area contributed by atoms with E-state index in [9.17, 15) is 4.79 Å². The Morgan fingerprint density at radius 3 is 2.80 bits per heavy atom. The lowest BCUT2D eigenvalue weighted by atomic mass is 10.0. The number of amides is 1. The topological polar surface area (TPSA) is 49.6 Å². The monoisotopic (exact) mass is 275 g/mol. The van der Waals surface area contributed by atoms with Crippen LogP contribution in [-0.4, -0.2) is 47.9 Å². The molecule has 1 unspecified atom stereocenters. The van der Waals surface area contributed by atoms with E-state index in [1.165, 1.54) is 5.56 Å². The molecule has 1 amide bonds. The van der Waals surface area contributed by atoms with Crippen molar-refractivity contribution in [2.24, 2.45) is 5.73 Å². The van der Waals surface area contributed by atoms with Gasteiger partial charge in [0.1, 0.15) is 0 Å². The van der Waals surface area contributed by atoms with Crippen LogP contribution >= 0.6 is 0 Å². The number of hydrogen-bond acceptors (Lipinski definition) is 3. The lowest BCUT2D eigenvalue weighted by Crippen LogP contribution is -2.52. The minimum Gasteiger partial charge on any atom is -0.340 e. The average Bonchev–Trinajstić information content (AvgIpc) is 2.47. The molecular formula is C16H25N3O. The second kappa shape index (κ2) is 6.86. The zero-order chi connectivity index (χ0) is 14.5. The molecule has 0 radical (unpaired) electrons. The Kier molecular flexibility index (Phi) is 5.15. The molecule has 0 spiro atoms. The number of nitrogens with two attached hydrogens (primary N) is 1. The van der Waals surface area contributed by atoms with Crippen LogP contribution in [0.25, 0.3) is 0 Å². The third-order valence-electron chi connectivity index (χ3n) is 4.00. The largest absolute Gasteiger partial charge is 0.340 e. The van der Waals surface area contributed by atoms with E-state index in [0.717, 1.165) is 32.5 Å². The number of carbonyl (C=O) groups excluding carboxylic acids is 1. The van der Waals surface area contributed by atoms with Crippen LogP contribution in [-0.2, 0) is 11.3 Å². The standard InChI is InChI=1S/C16H25N3O/c1-13(17)16(20)19-10-6-9-15(12-19)18(2)11-14-7-4-3-5-8-14/h3-5,7-8,13,15H,6,9-12,17H2,1-2H3/t13-,15?/m0/s1. The summed E-state index contributed by atoms with van der Waals surface area (Å²) < 4.78 is 0. The predicted molar refractivity (Wildman–Crippen MR) is 81.2 cm³/mol. The molecule has 0 aromatic heterocycles. The number of rotatable bonds is 4. The number of nitrogens with zero attached hydrogens (tertiary/aromatic N) is 2. The predicted octanol–water partition coefficient (Wildman–Crippen LogP) is 1.46. The molecule has 0 saturated carbocycles. The van der Waals surface area contributed by atoms with Gasteiger partial charge in [-0.2, -0.15) is 0 Å². The zero-order valence-corrected chi connectivity index (χ0v) is 12.5. The van der Waals surface area contributed by atoms with Gasteiger partial charge in [-0.05, 0) is 32.4 Å². The Morgan fingerprint density at radius 1 is 1.45 bits per heavy atom. The summed E-state index contributed by atoms with van der Waals surface area (Å²) in [7, 11) is 2.14. The van der Waals surface area contributed by atoms with Gasteiger partial charge >= 0.3 is 0 Å². The molecule has 1 aliphatic heterocycles. The van der Waals surface area contributed by atoms with Gasteiger partial charge in [0.05, 0.1) is 6.04 Å². The molecule has 0 bridgehead atoms. The van der Waals surface area contributed by atoms with E-state index in [2.05, 4.69) is 36.2 Å². The number of likely N-dealkylation sites (tertiary alicyclic amines) is 1. The van der Waals surface area contributed by atoms with Gasteiger partial charge < -0.3 is 10.6 Å². The van der Waals surface area contributed by atoms with Crippen LogP contribution in [0.2, 0.25) is 0 Å². The fraction of sp³-hybridized carbons (Fsp3) is 0.562. The van der Waals surface area contributed by atoms with E-state index >= 15 is 0 Å². The zero-order valence-electron chi connectivity index (χ0n) is 12.5. The average molecular weight is 275 g/mol. The summed E-state index contributed by atoms with van der Waals surface area (Å²) in [5, 5.41) is 0. The van der Waals surface area contributed by atoms with Crippen LogP contribution in [0.3, 0.4) is 0 Å². The molecular weight excluding hydrogens is 250 g/mol. The molecule has 20 heavy (non-hydrogen) atoms. The van der Waals surface area contributed by atoms with Gasteiger partial charge in [0.2, 0.25) is 5.91 Å². The van der Waals surface area contributed by atoms with Gasteiger partial charge in [0.15, 0.2) is 0 Å². The lowest BCUT2D eigenvalue weighted by Gasteiger charge is -2.38. The molecule has 2 atom stereocenters. The van der Waals surface area contributed by atoms with E-state index in [4.69, 9.17) is 5.73 Å². The van der Waals surface area contributed by atoms with E-state index in [1.807, 2.05) is 11.0 Å². The molecule has 1 aliphatic rings. The summed E-state index contributed by atoms with van der Waals surface area (Å²) in [4.78, 5) is 16.3. The summed E-state index contributed by atoms with van der Waals surface area (Å²) in [6, 6.07) is 10.5. The molecule has 110 valence electrons. The Bertz CT molecular complexity index is 433. The quantitative estimate of drug-likeness (QED) is 0.905. The van der Waals surface area contributed by atoms with Crippen molar-refractivity contribution in [2.75, 3.05) is 20.1 Å². The molecule has 0 aliphatic carbocycles. The normalized spacial score (nSPS) is 21.0. The smallest absolute Gasteiger partial charge is 0.239 e. The highest BCUT2D eigenvalue weighted by Gasteiger charge is 2.27. The molecule has 1 aromatic rings. The van der Waals surface area contributed by atoms with Crippen LogP contribution in [0.4, 0.5) is 0 Å². The molecule has 1 saturated heterocycles. The van der Waals surface area contributed by atoms with Crippen LogP contribution in [0.1, 0.15) is 25.3 Å². The first-order valence-corrected chi connectivity index (χ1v) is 7.36. The fourth-order valence-corrected chi connectivity index (χ4v) is 2.80. The molecule has 1 heterocycles. The molecule has 2 N–H and O–H groups in total. The van der Waals surface area contributed by atoms with Gasteiger partial charge in [0.25, 0.3) is 0 Å². The van der Waals surface area contributed by atoms with Gasteiger partial charge in [0, 0.05) is 25.7 Å². The number of benzene rings is 1. The van der Waals surface area contributed by atoms with Crippen LogP contribution in [0, 0.1) is 0 Å². The van der Waals surface area contributed by atoms with Crippen molar-refractivity contribution >= 4 is 5.91 Å². The Hall–Kier alpha value is -1.39. The van der Waals surface area contributed by atoms with Crippen molar-refractivity contribution in [3.8, 4) is 0 Å². The first-order chi connectivity index (χ1) is 9.58. The summed E-state index contributed by atoms with van der Waals surface area (Å²) >= 11 is 0. The summed E-state index contributed by atoms with van der Waals surface area (Å²) in [6.45, 7) is 4.32. The second-order valence-electron chi connectivity index (χ2n) is 5.77.